The molecule has 1 aliphatic rings. The van der Waals surface area contributed by atoms with Gasteiger partial charge in [0.25, 0.3) is 0 Å². The fourth-order valence-electron chi connectivity index (χ4n) is 2.45. The lowest BCUT2D eigenvalue weighted by molar-refractivity contribution is -0.119. The number of anilines is 1. The van der Waals surface area contributed by atoms with Gasteiger partial charge < -0.3 is 4.90 Å². The number of fused-ring (bicyclic) bond motifs is 1. The summed E-state index contributed by atoms with van der Waals surface area (Å²) in [5.74, 6) is 0.295. The van der Waals surface area contributed by atoms with Crippen molar-refractivity contribution in [3.8, 4) is 0 Å². The Balaban J connectivity index is 2.07. The van der Waals surface area contributed by atoms with E-state index in [2.05, 4.69) is 0 Å². The predicted octanol–water partition coefficient (Wildman–Crippen LogP) is 2.74. The number of carbonyl (C=O) groups excluding carboxylic acids is 1. The molecule has 0 atom stereocenters. The monoisotopic (exact) mass is 273 g/mol. The molecule has 0 bridgehead atoms. The van der Waals surface area contributed by atoms with Crippen LogP contribution in [0.1, 0.15) is 18.4 Å². The fraction of sp³-hybridized carbons (Fsp3) is 0.333. The van der Waals surface area contributed by atoms with Crippen molar-refractivity contribution in [2.24, 2.45) is 0 Å². The highest BCUT2D eigenvalue weighted by atomic mass is 32.1. The molecule has 0 aliphatic carbocycles. The van der Waals surface area contributed by atoms with Crippen molar-refractivity contribution in [2.75, 3.05) is 18.0 Å². The Hall–Kier alpha value is -1.68. The maximum absolute atomic E-state index is 12.5. The first kappa shape index (κ1) is 12.4. The van der Waals surface area contributed by atoms with Crippen molar-refractivity contribution in [3.63, 3.8) is 0 Å². The van der Waals surface area contributed by atoms with Gasteiger partial charge in [-0.15, -0.1) is 11.3 Å². The minimum Gasteiger partial charge on any atom is -0.367 e. The molecule has 2 heterocycles. The summed E-state index contributed by atoms with van der Waals surface area (Å²) in [7, 11) is 0. The molecular weight excluding hydrogens is 258 g/mol. The van der Waals surface area contributed by atoms with E-state index in [1.165, 1.54) is 0 Å². The first-order chi connectivity index (χ1) is 9.15. The van der Waals surface area contributed by atoms with E-state index >= 15 is 0 Å². The molecule has 3 rings (SSSR count). The van der Waals surface area contributed by atoms with Crippen molar-refractivity contribution in [2.45, 2.75) is 19.8 Å². The van der Waals surface area contributed by atoms with E-state index in [0.29, 0.717) is 31.7 Å². The van der Waals surface area contributed by atoms with Crippen molar-refractivity contribution in [1.82, 2.24) is 0 Å². The summed E-state index contributed by atoms with van der Waals surface area (Å²) in [5.41, 5.74) is 1.94. The van der Waals surface area contributed by atoms with Crippen molar-refractivity contribution >= 4 is 32.9 Å². The summed E-state index contributed by atoms with van der Waals surface area (Å²) in [4.78, 5) is 25.9. The molecule has 3 nitrogen and oxygen atoms in total. The van der Waals surface area contributed by atoms with E-state index in [9.17, 15) is 9.59 Å². The number of hydrogen-bond donors (Lipinski definition) is 0. The van der Waals surface area contributed by atoms with Crippen LogP contribution in [0.5, 0.6) is 0 Å². The Morgan fingerprint density at radius 1 is 1.16 bits per heavy atom. The van der Waals surface area contributed by atoms with Crippen LogP contribution in [0.4, 0.5) is 5.69 Å². The number of piperidine rings is 1. The van der Waals surface area contributed by atoms with Gasteiger partial charge in [0.05, 0.1) is 5.69 Å². The summed E-state index contributed by atoms with van der Waals surface area (Å²) in [6.07, 6.45) is 1.10. The number of hydrogen-bond acceptors (Lipinski definition) is 4. The second kappa shape index (κ2) is 4.78. The maximum Gasteiger partial charge on any atom is 0.211 e. The molecular formula is C15H15NO2S. The summed E-state index contributed by atoms with van der Waals surface area (Å²) in [6, 6.07) is 5.98. The summed E-state index contributed by atoms with van der Waals surface area (Å²) >= 11 is 1.59. The summed E-state index contributed by atoms with van der Waals surface area (Å²) in [6.45, 7) is 3.33. The number of nitrogens with zero attached hydrogens (tertiary/aromatic N) is 1. The highest BCUT2D eigenvalue weighted by Gasteiger charge is 2.19. The minimum atomic E-state index is 0.0896. The number of Topliss-reactive ketones (excluding diaryl/α,β-unsaturated/α-hetero) is 1. The zero-order chi connectivity index (χ0) is 13.4. The first-order valence-corrected chi connectivity index (χ1v) is 7.32. The van der Waals surface area contributed by atoms with Crippen LogP contribution in [0.2, 0.25) is 0 Å². The van der Waals surface area contributed by atoms with Crippen molar-refractivity contribution in [3.05, 3.63) is 39.4 Å². The highest BCUT2D eigenvalue weighted by molar-refractivity contribution is 7.16. The molecule has 0 spiro atoms. The highest BCUT2D eigenvalue weighted by Crippen LogP contribution is 2.23. The molecule has 1 aromatic carbocycles. The molecule has 98 valence electrons. The average Bonchev–Trinajstić information content (AvgIpc) is 2.41. The van der Waals surface area contributed by atoms with Crippen molar-refractivity contribution in [1.29, 1.82) is 0 Å². The fourth-order valence-corrected chi connectivity index (χ4v) is 3.37. The van der Waals surface area contributed by atoms with Gasteiger partial charge in [-0.1, -0.05) is 11.6 Å². The lowest BCUT2D eigenvalue weighted by Crippen LogP contribution is -2.36. The molecule has 0 radical (unpaired) electrons. The van der Waals surface area contributed by atoms with Crippen LogP contribution in [-0.2, 0) is 4.79 Å². The van der Waals surface area contributed by atoms with Crippen LogP contribution >= 0.6 is 11.3 Å². The van der Waals surface area contributed by atoms with Gasteiger partial charge in [0, 0.05) is 41.4 Å². The van der Waals surface area contributed by atoms with Gasteiger partial charge in [0.1, 0.15) is 5.78 Å². The molecule has 0 unspecified atom stereocenters. The minimum absolute atomic E-state index is 0.0896. The largest absolute Gasteiger partial charge is 0.367 e. The van der Waals surface area contributed by atoms with E-state index in [4.69, 9.17) is 0 Å². The topological polar surface area (TPSA) is 37.4 Å². The van der Waals surface area contributed by atoms with Gasteiger partial charge in [0.2, 0.25) is 5.43 Å². The van der Waals surface area contributed by atoms with Gasteiger partial charge in [-0.2, -0.15) is 0 Å². The number of rotatable bonds is 1. The number of carbonyl (C=O) groups is 1. The Labute approximate surface area is 115 Å². The van der Waals surface area contributed by atoms with Gasteiger partial charge >= 0.3 is 0 Å². The zero-order valence-corrected chi connectivity index (χ0v) is 11.6. The van der Waals surface area contributed by atoms with Gasteiger partial charge in [-0.3, -0.25) is 9.59 Å². The Morgan fingerprint density at radius 3 is 2.63 bits per heavy atom. The Morgan fingerprint density at radius 2 is 1.89 bits per heavy atom. The average molecular weight is 273 g/mol. The van der Waals surface area contributed by atoms with Gasteiger partial charge in [0.15, 0.2) is 0 Å². The lowest BCUT2D eigenvalue weighted by Gasteiger charge is -2.27. The molecule has 2 aromatic rings. The van der Waals surface area contributed by atoms with Crippen LogP contribution in [0.3, 0.4) is 0 Å². The van der Waals surface area contributed by atoms with Crippen molar-refractivity contribution < 1.29 is 4.79 Å². The molecule has 1 aliphatic heterocycles. The molecule has 19 heavy (non-hydrogen) atoms. The van der Waals surface area contributed by atoms with E-state index in [1.54, 1.807) is 11.3 Å². The third-order valence-corrected chi connectivity index (χ3v) is 4.52. The quantitative estimate of drug-likeness (QED) is 0.801. The molecule has 4 heteroatoms. The first-order valence-electron chi connectivity index (χ1n) is 6.44. The third-order valence-electron chi connectivity index (χ3n) is 3.57. The molecule has 1 aromatic heterocycles. The maximum atomic E-state index is 12.5. The van der Waals surface area contributed by atoms with Gasteiger partial charge in [-0.25, -0.2) is 0 Å². The second-order valence-corrected chi connectivity index (χ2v) is 5.89. The zero-order valence-electron chi connectivity index (χ0n) is 10.8. The van der Waals surface area contributed by atoms with Crippen LogP contribution < -0.4 is 10.3 Å². The van der Waals surface area contributed by atoms with Crippen LogP contribution in [-0.4, -0.2) is 18.9 Å². The summed E-state index contributed by atoms with van der Waals surface area (Å²) < 4.78 is 1.02. The lowest BCUT2D eigenvalue weighted by atomic mass is 10.1. The standard InChI is InChI=1S/C15H15NO2S/c1-10-2-3-14-12(8-10)15(18)13(9-19-14)16-6-4-11(17)5-7-16/h2-3,8-9H,4-7H2,1H3. The molecule has 0 amide bonds. The number of benzene rings is 1. The Bertz CT molecular complexity index is 695. The molecule has 1 fully saturated rings. The SMILES string of the molecule is Cc1ccc2scc(N3CCC(=O)CC3)c(=O)c2c1. The van der Waals surface area contributed by atoms with E-state index in [-0.39, 0.29) is 5.43 Å². The second-order valence-electron chi connectivity index (χ2n) is 4.98. The third kappa shape index (κ3) is 2.28. The van der Waals surface area contributed by atoms with E-state index < -0.39 is 0 Å². The van der Waals surface area contributed by atoms with Crippen LogP contribution in [0.25, 0.3) is 10.1 Å². The summed E-state index contributed by atoms with van der Waals surface area (Å²) in [5, 5.41) is 2.72. The predicted molar refractivity (Wildman–Crippen MR) is 79.3 cm³/mol. The van der Waals surface area contributed by atoms with E-state index in [0.717, 1.165) is 21.3 Å². The molecule has 0 saturated carbocycles. The normalized spacial score (nSPS) is 16.1. The number of ketones is 1. The van der Waals surface area contributed by atoms with Crippen LogP contribution in [0.15, 0.2) is 28.4 Å². The van der Waals surface area contributed by atoms with E-state index in [1.807, 2.05) is 35.4 Å². The molecule has 0 N–H and O–H groups in total. The molecule has 1 saturated heterocycles. The van der Waals surface area contributed by atoms with Crippen LogP contribution in [0, 0.1) is 6.92 Å². The van der Waals surface area contributed by atoms with Gasteiger partial charge in [-0.05, 0) is 19.1 Å². The number of aryl methyl sites for hydroxylation is 1. The Kier molecular flexibility index (Phi) is 3.11. The smallest absolute Gasteiger partial charge is 0.211 e.